The van der Waals surface area contributed by atoms with Gasteiger partial charge >= 0.3 is 5.69 Å². The largest absolute Gasteiger partial charge is 0.351 e. The molecule has 2 aromatic heterocycles. The summed E-state index contributed by atoms with van der Waals surface area (Å²) < 4.78 is 2.39. The van der Waals surface area contributed by atoms with E-state index in [9.17, 15) is 14.4 Å². The highest BCUT2D eigenvalue weighted by Gasteiger charge is 2.19. The highest BCUT2D eigenvalue weighted by Crippen LogP contribution is 2.22. The second kappa shape index (κ2) is 8.24. The van der Waals surface area contributed by atoms with Gasteiger partial charge in [-0.2, -0.15) is 0 Å². The van der Waals surface area contributed by atoms with Crippen LogP contribution in [0.1, 0.15) is 46.4 Å². The van der Waals surface area contributed by atoms with Gasteiger partial charge in [-0.15, -0.1) is 0 Å². The molecule has 2 heterocycles. The summed E-state index contributed by atoms with van der Waals surface area (Å²) >= 11 is 1.19. The molecular formula is C18H27N5O3S. The van der Waals surface area contributed by atoms with Crippen molar-refractivity contribution >= 4 is 28.7 Å². The van der Waals surface area contributed by atoms with Gasteiger partial charge in [0.1, 0.15) is 16.2 Å². The molecule has 8 nitrogen and oxygen atoms in total. The third-order valence-electron chi connectivity index (χ3n) is 3.92. The number of hydrogen-bond acceptors (Lipinski definition) is 6. The van der Waals surface area contributed by atoms with Gasteiger partial charge in [-0.3, -0.25) is 18.7 Å². The van der Waals surface area contributed by atoms with Crippen LogP contribution in [0.25, 0.3) is 11.0 Å². The summed E-state index contributed by atoms with van der Waals surface area (Å²) in [5.74, 6) is 0.560. The van der Waals surface area contributed by atoms with Crippen LogP contribution in [0.4, 0.5) is 0 Å². The standard InChI is InChI=1S/C18H27N5O3S/c1-7-8-9-11-19-14-13(16(25)23(6)17(26)22(14)5)15(20-11)27-10-12(24)21-18(2,3)4/h7-10H2,1-6H3,(H,21,24). The molecule has 0 atom stereocenters. The Labute approximate surface area is 162 Å². The number of carbonyl (C=O) groups is 1. The van der Waals surface area contributed by atoms with Gasteiger partial charge in [0.25, 0.3) is 5.56 Å². The number of hydrogen-bond donors (Lipinski definition) is 1. The fourth-order valence-electron chi connectivity index (χ4n) is 2.61. The molecule has 0 aromatic carbocycles. The number of nitrogens with one attached hydrogen (secondary N) is 1. The van der Waals surface area contributed by atoms with Gasteiger partial charge in [0.2, 0.25) is 5.91 Å². The summed E-state index contributed by atoms with van der Waals surface area (Å²) in [5, 5.41) is 3.60. The maximum atomic E-state index is 12.7. The Balaban J connectivity index is 2.53. The quantitative estimate of drug-likeness (QED) is 0.588. The van der Waals surface area contributed by atoms with Crippen LogP contribution in [0.2, 0.25) is 0 Å². The van der Waals surface area contributed by atoms with E-state index in [1.54, 1.807) is 7.05 Å². The van der Waals surface area contributed by atoms with Crippen molar-refractivity contribution in [3.8, 4) is 0 Å². The monoisotopic (exact) mass is 393 g/mol. The van der Waals surface area contributed by atoms with Crippen molar-refractivity contribution in [3.05, 3.63) is 26.7 Å². The topological polar surface area (TPSA) is 98.9 Å². The van der Waals surface area contributed by atoms with E-state index >= 15 is 0 Å². The summed E-state index contributed by atoms with van der Waals surface area (Å²) in [6, 6.07) is 0. The van der Waals surface area contributed by atoms with Gasteiger partial charge in [0.15, 0.2) is 5.65 Å². The fourth-order valence-corrected chi connectivity index (χ4v) is 3.44. The minimum Gasteiger partial charge on any atom is -0.351 e. The number of aryl methyl sites for hydroxylation is 2. The number of amides is 1. The lowest BCUT2D eigenvalue weighted by atomic mass is 10.1. The Hall–Kier alpha value is -2.16. The molecule has 9 heteroatoms. The van der Waals surface area contributed by atoms with E-state index in [-0.39, 0.29) is 22.6 Å². The zero-order chi connectivity index (χ0) is 20.4. The number of thioether (sulfide) groups is 1. The van der Waals surface area contributed by atoms with Gasteiger partial charge in [-0.05, 0) is 27.2 Å². The van der Waals surface area contributed by atoms with Gasteiger partial charge < -0.3 is 5.32 Å². The molecular weight excluding hydrogens is 366 g/mol. The van der Waals surface area contributed by atoms with Crippen molar-refractivity contribution in [1.29, 1.82) is 0 Å². The molecule has 0 unspecified atom stereocenters. The molecule has 0 radical (unpaired) electrons. The number of unbranched alkanes of at least 4 members (excludes halogenated alkanes) is 1. The van der Waals surface area contributed by atoms with E-state index in [0.717, 1.165) is 17.4 Å². The average Bonchev–Trinajstić information content (AvgIpc) is 2.59. The van der Waals surface area contributed by atoms with Gasteiger partial charge in [0.05, 0.1) is 5.75 Å². The lowest BCUT2D eigenvalue weighted by molar-refractivity contribution is -0.119. The van der Waals surface area contributed by atoms with Crippen LogP contribution < -0.4 is 16.6 Å². The fraction of sp³-hybridized carbons (Fsp3) is 0.611. The molecule has 0 saturated heterocycles. The molecule has 0 fully saturated rings. The number of fused-ring (bicyclic) bond motifs is 1. The first-order valence-corrected chi connectivity index (χ1v) is 9.94. The molecule has 1 N–H and O–H groups in total. The molecule has 0 spiro atoms. The van der Waals surface area contributed by atoms with Crippen LogP contribution in [0.15, 0.2) is 14.6 Å². The van der Waals surface area contributed by atoms with Crippen LogP contribution in [0, 0.1) is 0 Å². The molecule has 27 heavy (non-hydrogen) atoms. The summed E-state index contributed by atoms with van der Waals surface area (Å²) in [6.45, 7) is 7.79. The Kier molecular flexibility index (Phi) is 6.46. The third kappa shape index (κ3) is 4.97. The molecule has 0 aliphatic rings. The minimum absolute atomic E-state index is 0.128. The average molecular weight is 394 g/mol. The third-order valence-corrected chi connectivity index (χ3v) is 4.90. The van der Waals surface area contributed by atoms with Crippen LogP contribution in [-0.2, 0) is 25.3 Å². The van der Waals surface area contributed by atoms with E-state index in [1.165, 1.54) is 23.4 Å². The van der Waals surface area contributed by atoms with Gasteiger partial charge in [-0.1, -0.05) is 25.1 Å². The molecule has 0 bridgehead atoms. The van der Waals surface area contributed by atoms with Crippen molar-refractivity contribution in [3.63, 3.8) is 0 Å². The van der Waals surface area contributed by atoms with E-state index < -0.39 is 11.2 Å². The van der Waals surface area contributed by atoms with Crippen LogP contribution in [0.3, 0.4) is 0 Å². The number of aromatic nitrogens is 4. The molecule has 0 aliphatic heterocycles. The minimum atomic E-state index is -0.450. The predicted molar refractivity (Wildman–Crippen MR) is 107 cm³/mol. The first kappa shape index (κ1) is 21.1. The number of rotatable bonds is 6. The van der Waals surface area contributed by atoms with Gasteiger partial charge in [-0.25, -0.2) is 14.8 Å². The Bertz CT molecular complexity index is 972. The van der Waals surface area contributed by atoms with E-state index in [4.69, 9.17) is 0 Å². The molecule has 0 aliphatic carbocycles. The second-order valence-electron chi connectivity index (χ2n) is 7.54. The molecule has 2 aromatic rings. The summed E-state index contributed by atoms with van der Waals surface area (Å²) in [4.78, 5) is 46.1. The summed E-state index contributed by atoms with van der Waals surface area (Å²) in [6.07, 6.45) is 2.53. The van der Waals surface area contributed by atoms with E-state index in [1.807, 2.05) is 20.8 Å². The Morgan fingerprint density at radius 3 is 2.41 bits per heavy atom. The van der Waals surface area contributed by atoms with Crippen molar-refractivity contribution in [2.45, 2.75) is 57.5 Å². The van der Waals surface area contributed by atoms with Gasteiger partial charge in [0, 0.05) is 26.1 Å². The normalized spacial score (nSPS) is 11.8. The number of nitrogens with zero attached hydrogens (tertiary/aromatic N) is 4. The SMILES string of the molecule is CCCCc1nc(SCC(=O)NC(C)(C)C)c2c(=O)n(C)c(=O)n(C)c2n1. The molecule has 0 saturated carbocycles. The second-order valence-corrected chi connectivity index (χ2v) is 8.50. The van der Waals surface area contributed by atoms with Crippen LogP contribution >= 0.6 is 11.8 Å². The summed E-state index contributed by atoms with van der Waals surface area (Å²) in [5.41, 5.74) is -0.914. The van der Waals surface area contributed by atoms with Crippen LogP contribution in [0.5, 0.6) is 0 Å². The maximum absolute atomic E-state index is 12.7. The zero-order valence-corrected chi connectivity index (χ0v) is 17.6. The molecule has 1 amide bonds. The van der Waals surface area contributed by atoms with Crippen molar-refractivity contribution < 1.29 is 4.79 Å². The highest BCUT2D eigenvalue weighted by atomic mass is 32.2. The zero-order valence-electron chi connectivity index (χ0n) is 16.8. The highest BCUT2D eigenvalue weighted by molar-refractivity contribution is 8.00. The molecule has 148 valence electrons. The first-order valence-electron chi connectivity index (χ1n) is 8.95. The predicted octanol–water partition coefficient (Wildman–Crippen LogP) is 1.38. The summed E-state index contributed by atoms with van der Waals surface area (Å²) in [7, 11) is 3.01. The van der Waals surface area contributed by atoms with Crippen molar-refractivity contribution in [2.24, 2.45) is 14.1 Å². The number of carbonyl (C=O) groups excluding carboxylic acids is 1. The lowest BCUT2D eigenvalue weighted by Crippen LogP contribution is -2.41. The maximum Gasteiger partial charge on any atom is 0.332 e. The lowest BCUT2D eigenvalue weighted by Gasteiger charge is -2.20. The van der Waals surface area contributed by atoms with Crippen LogP contribution in [-0.4, -0.2) is 36.3 Å². The Morgan fingerprint density at radius 1 is 1.15 bits per heavy atom. The van der Waals surface area contributed by atoms with Crippen molar-refractivity contribution in [1.82, 2.24) is 24.4 Å². The van der Waals surface area contributed by atoms with Crippen molar-refractivity contribution in [2.75, 3.05) is 5.75 Å². The molecule has 2 rings (SSSR count). The smallest absolute Gasteiger partial charge is 0.332 e. The Morgan fingerprint density at radius 2 is 1.81 bits per heavy atom. The van der Waals surface area contributed by atoms with E-state index in [0.29, 0.717) is 22.9 Å². The van der Waals surface area contributed by atoms with E-state index in [2.05, 4.69) is 22.2 Å². The first-order chi connectivity index (χ1) is 12.5.